The molecule has 2 aromatic rings. The fourth-order valence-electron chi connectivity index (χ4n) is 3.49. The van der Waals surface area contributed by atoms with E-state index in [0.29, 0.717) is 0 Å². The van der Waals surface area contributed by atoms with Gasteiger partial charge in [0.2, 0.25) is 0 Å². The minimum atomic E-state index is -0.695. The third-order valence-corrected chi connectivity index (χ3v) is 5.00. The molecule has 6 N–H and O–H groups in total. The van der Waals surface area contributed by atoms with Crippen LogP contribution in [0.25, 0.3) is 12.2 Å². The van der Waals surface area contributed by atoms with E-state index in [1.54, 1.807) is 6.92 Å². The van der Waals surface area contributed by atoms with E-state index in [1.165, 1.54) is 12.2 Å². The summed E-state index contributed by atoms with van der Waals surface area (Å²) in [6.45, 7) is 1.81. The highest BCUT2D eigenvalue weighted by atomic mass is 16.5. The molecule has 9 heteroatoms. The molecule has 0 unspecified atom stereocenters. The van der Waals surface area contributed by atoms with Gasteiger partial charge >= 0.3 is 5.97 Å². The van der Waals surface area contributed by atoms with Crippen LogP contribution in [0.1, 0.15) is 30.9 Å². The number of phenols is 6. The molecule has 0 saturated heterocycles. The molecule has 3 rings (SSSR count). The molecule has 0 spiro atoms. The quantitative estimate of drug-likeness (QED) is 0.237. The molecule has 0 bridgehead atoms. The number of Topliss-reactive ketones (excluding diaryl/α,β-unsaturated/α-hetero) is 1. The SMILES string of the molecule is CCOC(=O)C1C/C(=C\c2cc(O)c(O)c(O)c2)C(=O)/C(=C/c2cc(O)c(O)c(O)c2)C1. The van der Waals surface area contributed by atoms with E-state index in [2.05, 4.69) is 0 Å². The Morgan fingerprint density at radius 2 is 1.22 bits per heavy atom. The van der Waals surface area contributed by atoms with Crippen LogP contribution in [-0.4, -0.2) is 49.0 Å². The Bertz CT molecular complexity index is 1020. The van der Waals surface area contributed by atoms with Gasteiger partial charge in [0.15, 0.2) is 40.3 Å². The molecule has 1 saturated carbocycles. The second kappa shape index (κ2) is 8.93. The Balaban J connectivity index is 2.06. The number of rotatable bonds is 4. The molecule has 0 heterocycles. The van der Waals surface area contributed by atoms with Crippen molar-refractivity contribution in [1.29, 1.82) is 0 Å². The van der Waals surface area contributed by atoms with Crippen LogP contribution in [0, 0.1) is 5.92 Å². The van der Waals surface area contributed by atoms with Gasteiger partial charge in [-0.3, -0.25) is 9.59 Å². The number of hydrogen-bond donors (Lipinski definition) is 6. The normalized spacial score (nSPS) is 18.8. The first kappa shape index (κ1) is 22.5. The molecule has 0 aliphatic heterocycles. The summed E-state index contributed by atoms with van der Waals surface area (Å²) < 4.78 is 5.09. The summed E-state index contributed by atoms with van der Waals surface area (Å²) in [5.41, 5.74) is 0.837. The van der Waals surface area contributed by atoms with E-state index in [0.717, 1.165) is 24.3 Å². The highest BCUT2D eigenvalue weighted by Gasteiger charge is 2.33. The molecule has 168 valence electrons. The van der Waals surface area contributed by atoms with Gasteiger partial charge in [-0.05, 0) is 67.3 Å². The zero-order chi connectivity index (χ0) is 23.6. The average molecular weight is 442 g/mol. The summed E-state index contributed by atoms with van der Waals surface area (Å²) in [6.07, 6.45) is 2.85. The third-order valence-electron chi connectivity index (χ3n) is 5.00. The first-order valence-corrected chi connectivity index (χ1v) is 9.73. The fourth-order valence-corrected chi connectivity index (χ4v) is 3.49. The van der Waals surface area contributed by atoms with Crippen LogP contribution in [0.4, 0.5) is 0 Å². The average Bonchev–Trinajstić information content (AvgIpc) is 2.73. The highest BCUT2D eigenvalue weighted by Crippen LogP contribution is 2.39. The molecule has 1 fully saturated rings. The minimum Gasteiger partial charge on any atom is -0.504 e. The van der Waals surface area contributed by atoms with Gasteiger partial charge in [0, 0.05) is 11.1 Å². The fraction of sp³-hybridized carbons (Fsp3) is 0.217. The van der Waals surface area contributed by atoms with E-state index in [9.17, 15) is 40.2 Å². The molecule has 32 heavy (non-hydrogen) atoms. The van der Waals surface area contributed by atoms with Crippen molar-refractivity contribution in [3.8, 4) is 34.5 Å². The molecule has 2 aromatic carbocycles. The van der Waals surface area contributed by atoms with Gasteiger partial charge < -0.3 is 35.4 Å². The Morgan fingerprint density at radius 1 is 0.844 bits per heavy atom. The molecular formula is C23H22O9. The maximum absolute atomic E-state index is 13.1. The monoisotopic (exact) mass is 442 g/mol. The standard InChI is InChI=1S/C23H22O9/c1-2-32-23(31)15-9-13(3-11-5-16(24)21(29)17(25)6-11)20(28)14(10-15)4-12-7-18(26)22(30)19(27)8-12/h3-8,15,24-27,29-30H,2,9-10H2,1H3/b13-3+,14-4+. The zero-order valence-corrected chi connectivity index (χ0v) is 17.1. The number of carbonyl (C=O) groups excluding carboxylic acids is 2. The van der Waals surface area contributed by atoms with Crippen molar-refractivity contribution in [2.24, 2.45) is 5.92 Å². The number of benzene rings is 2. The number of esters is 1. The lowest BCUT2D eigenvalue weighted by molar-refractivity contribution is -0.148. The number of aromatic hydroxyl groups is 6. The maximum atomic E-state index is 13.1. The first-order chi connectivity index (χ1) is 15.1. The lowest BCUT2D eigenvalue weighted by atomic mass is 9.79. The molecule has 1 aliphatic carbocycles. The van der Waals surface area contributed by atoms with Crippen LogP contribution < -0.4 is 0 Å². The number of carbonyl (C=O) groups is 2. The summed E-state index contributed by atoms with van der Waals surface area (Å²) in [5, 5.41) is 58.0. The second-order valence-electron chi connectivity index (χ2n) is 7.34. The molecule has 0 radical (unpaired) electrons. The summed E-state index contributed by atoms with van der Waals surface area (Å²) in [7, 11) is 0. The number of ketones is 1. The van der Waals surface area contributed by atoms with Crippen molar-refractivity contribution < 1.29 is 45.0 Å². The highest BCUT2D eigenvalue weighted by molar-refractivity contribution is 6.15. The predicted octanol–water partition coefficient (Wildman–Crippen LogP) is 2.93. The van der Waals surface area contributed by atoms with Crippen LogP contribution >= 0.6 is 0 Å². The van der Waals surface area contributed by atoms with Gasteiger partial charge in [0.05, 0.1) is 12.5 Å². The smallest absolute Gasteiger partial charge is 0.309 e. The van der Waals surface area contributed by atoms with Gasteiger partial charge in [0.1, 0.15) is 0 Å². The van der Waals surface area contributed by atoms with E-state index < -0.39 is 52.2 Å². The van der Waals surface area contributed by atoms with Crippen molar-refractivity contribution >= 4 is 23.9 Å². The number of allylic oxidation sites excluding steroid dienone is 2. The first-order valence-electron chi connectivity index (χ1n) is 9.73. The number of phenolic OH excluding ortho intramolecular Hbond substituents is 6. The summed E-state index contributed by atoms with van der Waals surface area (Å²) in [5.74, 6) is -5.32. The Hall–Kier alpha value is -4.14. The van der Waals surface area contributed by atoms with E-state index >= 15 is 0 Å². The summed E-state index contributed by atoms with van der Waals surface area (Å²) in [4.78, 5) is 25.5. The van der Waals surface area contributed by atoms with Gasteiger partial charge in [-0.2, -0.15) is 0 Å². The maximum Gasteiger partial charge on any atom is 0.309 e. The zero-order valence-electron chi connectivity index (χ0n) is 17.1. The van der Waals surface area contributed by atoms with Gasteiger partial charge in [-0.1, -0.05) is 0 Å². The molecule has 9 nitrogen and oxygen atoms in total. The topological polar surface area (TPSA) is 165 Å². The van der Waals surface area contributed by atoms with Crippen molar-refractivity contribution in [3.63, 3.8) is 0 Å². The molecule has 0 amide bonds. The Kier molecular flexibility index (Phi) is 6.29. The predicted molar refractivity (Wildman–Crippen MR) is 113 cm³/mol. The Morgan fingerprint density at radius 3 is 1.56 bits per heavy atom. The van der Waals surface area contributed by atoms with Crippen LogP contribution in [0.5, 0.6) is 34.5 Å². The lowest BCUT2D eigenvalue weighted by Crippen LogP contribution is -2.27. The van der Waals surface area contributed by atoms with Gasteiger partial charge in [-0.25, -0.2) is 0 Å². The minimum absolute atomic E-state index is 0.0451. The summed E-state index contributed by atoms with van der Waals surface area (Å²) in [6, 6.07) is 4.62. The number of ether oxygens (including phenoxy) is 1. The van der Waals surface area contributed by atoms with E-state index in [4.69, 9.17) is 4.74 Å². The van der Waals surface area contributed by atoms with Crippen molar-refractivity contribution in [3.05, 3.63) is 46.5 Å². The largest absolute Gasteiger partial charge is 0.504 e. The summed E-state index contributed by atoms with van der Waals surface area (Å²) >= 11 is 0. The van der Waals surface area contributed by atoms with Crippen LogP contribution in [-0.2, 0) is 14.3 Å². The molecule has 0 atom stereocenters. The van der Waals surface area contributed by atoms with Gasteiger partial charge in [0.25, 0.3) is 0 Å². The third kappa shape index (κ3) is 4.61. The lowest BCUT2D eigenvalue weighted by Gasteiger charge is -2.24. The van der Waals surface area contributed by atoms with E-state index in [1.807, 2.05) is 0 Å². The molecular weight excluding hydrogens is 420 g/mol. The van der Waals surface area contributed by atoms with Crippen LogP contribution in [0.2, 0.25) is 0 Å². The van der Waals surface area contributed by atoms with Crippen molar-refractivity contribution in [2.45, 2.75) is 19.8 Å². The van der Waals surface area contributed by atoms with E-state index in [-0.39, 0.29) is 41.7 Å². The number of hydrogen-bond acceptors (Lipinski definition) is 9. The second-order valence-corrected chi connectivity index (χ2v) is 7.34. The molecule has 1 aliphatic rings. The Labute approximate surface area is 182 Å². The van der Waals surface area contributed by atoms with Crippen molar-refractivity contribution in [2.75, 3.05) is 6.61 Å². The molecule has 0 aromatic heterocycles. The van der Waals surface area contributed by atoms with Crippen LogP contribution in [0.3, 0.4) is 0 Å². The van der Waals surface area contributed by atoms with Gasteiger partial charge in [-0.15, -0.1) is 0 Å². The van der Waals surface area contributed by atoms with Crippen molar-refractivity contribution in [1.82, 2.24) is 0 Å². The van der Waals surface area contributed by atoms with Crippen LogP contribution in [0.15, 0.2) is 35.4 Å².